The maximum absolute atomic E-state index is 5.70. The van der Waals surface area contributed by atoms with E-state index in [2.05, 4.69) is 20.3 Å². The number of oxazole rings is 1. The number of hydrogen-bond donors (Lipinski definition) is 1. The van der Waals surface area contributed by atoms with Crippen LogP contribution in [0.25, 0.3) is 0 Å². The van der Waals surface area contributed by atoms with E-state index in [1.165, 1.54) is 6.20 Å². The molecular weight excluding hydrogens is 228 g/mol. The minimum atomic E-state index is 0.353. The topological polar surface area (TPSA) is 63.8 Å². The molecule has 0 atom stereocenters. The zero-order chi connectivity index (χ0) is 11.4. The molecule has 0 amide bonds. The summed E-state index contributed by atoms with van der Waals surface area (Å²) in [5.41, 5.74) is 0. The van der Waals surface area contributed by atoms with E-state index in [-0.39, 0.29) is 0 Å². The summed E-state index contributed by atoms with van der Waals surface area (Å²) in [5, 5.41) is 3.38. The molecule has 84 valence electrons. The molecule has 2 heterocycles. The zero-order valence-electron chi connectivity index (χ0n) is 8.77. The Labute approximate surface area is 97.9 Å². The molecule has 2 aromatic heterocycles. The third-order valence-corrected chi connectivity index (χ3v) is 2.16. The molecule has 0 aromatic carbocycles. The molecule has 2 rings (SSSR count). The molecule has 0 aliphatic heterocycles. The Kier molecular flexibility index (Phi) is 3.36. The summed E-state index contributed by atoms with van der Waals surface area (Å²) in [7, 11) is 0. The number of nitrogens with zero attached hydrogens (tertiary/aromatic N) is 3. The average molecular weight is 239 g/mol. The van der Waals surface area contributed by atoms with Crippen LogP contribution in [0.15, 0.2) is 23.0 Å². The predicted molar refractivity (Wildman–Crippen MR) is 60.2 cm³/mol. The van der Waals surface area contributed by atoms with Crippen LogP contribution in [0.4, 0.5) is 5.82 Å². The molecule has 0 unspecified atom stereocenters. The summed E-state index contributed by atoms with van der Waals surface area (Å²) in [6, 6.07) is 0. The molecule has 6 heteroatoms. The molecule has 1 N–H and O–H groups in total. The molecule has 0 aliphatic carbocycles. The second kappa shape index (κ2) is 4.94. The molecular formula is C10H11ClN4O. The van der Waals surface area contributed by atoms with Crippen molar-refractivity contribution in [3.05, 3.63) is 35.4 Å². The van der Waals surface area contributed by atoms with E-state index in [9.17, 15) is 0 Å². The van der Waals surface area contributed by atoms with Crippen LogP contribution in [0.5, 0.6) is 0 Å². The molecule has 5 nitrogen and oxygen atoms in total. The van der Waals surface area contributed by atoms with Gasteiger partial charge in [-0.05, 0) is 0 Å². The summed E-state index contributed by atoms with van der Waals surface area (Å²) in [6.45, 7) is 2.48. The van der Waals surface area contributed by atoms with Crippen molar-refractivity contribution in [3.8, 4) is 0 Å². The lowest BCUT2D eigenvalue weighted by atomic mass is 10.4. The maximum Gasteiger partial charge on any atom is 0.213 e. The average Bonchev–Trinajstić information content (AvgIpc) is 2.74. The summed E-state index contributed by atoms with van der Waals surface area (Å²) >= 11 is 5.70. The molecule has 0 bridgehead atoms. The normalized spacial score (nSPS) is 10.4. The minimum absolute atomic E-state index is 0.353. The van der Waals surface area contributed by atoms with Gasteiger partial charge < -0.3 is 9.73 Å². The summed E-state index contributed by atoms with van der Waals surface area (Å²) < 4.78 is 5.43. The number of anilines is 1. The lowest BCUT2D eigenvalue weighted by Gasteiger charge is -2.01. The fraction of sp³-hybridized carbons (Fsp3) is 0.300. The van der Waals surface area contributed by atoms with Crippen LogP contribution in [0.3, 0.4) is 0 Å². The highest BCUT2D eigenvalue weighted by Crippen LogP contribution is 2.09. The van der Waals surface area contributed by atoms with Crippen molar-refractivity contribution in [1.29, 1.82) is 0 Å². The molecule has 0 saturated heterocycles. The third kappa shape index (κ3) is 2.70. The Morgan fingerprint density at radius 1 is 1.38 bits per heavy atom. The highest BCUT2D eigenvalue weighted by atomic mass is 35.5. The second-order valence-corrected chi connectivity index (χ2v) is 3.54. The quantitative estimate of drug-likeness (QED) is 0.886. The van der Waals surface area contributed by atoms with Crippen LogP contribution in [-0.4, -0.2) is 15.0 Å². The molecule has 0 aliphatic rings. The van der Waals surface area contributed by atoms with Gasteiger partial charge in [-0.1, -0.05) is 18.5 Å². The van der Waals surface area contributed by atoms with Crippen molar-refractivity contribution in [2.75, 3.05) is 5.32 Å². The fourth-order valence-corrected chi connectivity index (χ4v) is 1.33. The lowest BCUT2D eigenvalue weighted by molar-refractivity contribution is 0.465. The first kappa shape index (κ1) is 10.9. The molecule has 16 heavy (non-hydrogen) atoms. The van der Waals surface area contributed by atoms with Gasteiger partial charge in [0.2, 0.25) is 5.89 Å². The van der Waals surface area contributed by atoms with Gasteiger partial charge in [-0.25, -0.2) is 9.97 Å². The van der Waals surface area contributed by atoms with Crippen molar-refractivity contribution in [2.24, 2.45) is 0 Å². The van der Waals surface area contributed by atoms with Gasteiger partial charge in [0.25, 0.3) is 0 Å². The van der Waals surface area contributed by atoms with Gasteiger partial charge in [0, 0.05) is 6.42 Å². The maximum atomic E-state index is 5.70. The van der Waals surface area contributed by atoms with E-state index in [1.54, 1.807) is 12.4 Å². The Balaban J connectivity index is 1.96. The smallest absolute Gasteiger partial charge is 0.213 e. The van der Waals surface area contributed by atoms with Gasteiger partial charge in [0.1, 0.15) is 16.7 Å². The molecule has 0 fully saturated rings. The standard InChI is InChI=1S/C10H11ClN4O/c1-2-7-3-14-10(16-7)6-13-9-5-12-4-8(11)15-9/h3-5H,2,6H2,1H3,(H,13,15). The van der Waals surface area contributed by atoms with Crippen molar-refractivity contribution in [3.63, 3.8) is 0 Å². The van der Waals surface area contributed by atoms with Crippen LogP contribution in [-0.2, 0) is 13.0 Å². The Morgan fingerprint density at radius 3 is 2.94 bits per heavy atom. The van der Waals surface area contributed by atoms with E-state index in [0.717, 1.165) is 12.2 Å². The number of aromatic nitrogens is 3. The lowest BCUT2D eigenvalue weighted by Crippen LogP contribution is -2.01. The Morgan fingerprint density at radius 2 is 2.25 bits per heavy atom. The largest absolute Gasteiger partial charge is 0.444 e. The van der Waals surface area contributed by atoms with Crippen LogP contribution >= 0.6 is 11.6 Å². The number of aryl methyl sites for hydroxylation is 1. The van der Waals surface area contributed by atoms with E-state index in [1.807, 2.05) is 6.92 Å². The van der Waals surface area contributed by atoms with Crippen LogP contribution in [0, 0.1) is 0 Å². The first-order valence-electron chi connectivity index (χ1n) is 4.93. The Bertz CT molecular complexity index is 471. The third-order valence-electron chi connectivity index (χ3n) is 1.98. The van der Waals surface area contributed by atoms with Crippen LogP contribution in [0.2, 0.25) is 5.15 Å². The number of rotatable bonds is 4. The Hall–Kier alpha value is -1.62. The van der Waals surface area contributed by atoms with Gasteiger partial charge in [0.15, 0.2) is 0 Å². The van der Waals surface area contributed by atoms with Gasteiger partial charge in [-0.15, -0.1) is 0 Å². The van der Waals surface area contributed by atoms with Crippen molar-refractivity contribution >= 4 is 17.4 Å². The van der Waals surface area contributed by atoms with E-state index < -0.39 is 0 Å². The molecule has 0 spiro atoms. The van der Waals surface area contributed by atoms with Crippen LogP contribution in [0.1, 0.15) is 18.6 Å². The van der Waals surface area contributed by atoms with Gasteiger partial charge in [-0.3, -0.25) is 4.98 Å². The highest BCUT2D eigenvalue weighted by molar-refractivity contribution is 6.29. The van der Waals surface area contributed by atoms with E-state index >= 15 is 0 Å². The number of nitrogens with one attached hydrogen (secondary N) is 1. The monoisotopic (exact) mass is 238 g/mol. The molecule has 2 aromatic rings. The predicted octanol–water partition coefficient (Wildman–Crippen LogP) is 2.29. The van der Waals surface area contributed by atoms with Gasteiger partial charge in [0.05, 0.1) is 25.1 Å². The molecule has 0 radical (unpaired) electrons. The highest BCUT2D eigenvalue weighted by Gasteiger charge is 2.02. The summed E-state index contributed by atoms with van der Waals surface area (Å²) in [5.74, 6) is 2.09. The molecule has 0 saturated carbocycles. The van der Waals surface area contributed by atoms with E-state index in [0.29, 0.717) is 23.4 Å². The summed E-state index contributed by atoms with van der Waals surface area (Å²) in [6.07, 6.45) is 5.63. The number of hydrogen-bond acceptors (Lipinski definition) is 5. The zero-order valence-corrected chi connectivity index (χ0v) is 9.53. The van der Waals surface area contributed by atoms with Gasteiger partial charge >= 0.3 is 0 Å². The second-order valence-electron chi connectivity index (χ2n) is 3.15. The number of halogens is 1. The summed E-state index contributed by atoms with van der Waals surface area (Å²) in [4.78, 5) is 12.1. The SMILES string of the molecule is CCc1cnc(CNc2cncc(Cl)n2)o1. The van der Waals surface area contributed by atoms with E-state index in [4.69, 9.17) is 16.0 Å². The van der Waals surface area contributed by atoms with Crippen molar-refractivity contribution in [2.45, 2.75) is 19.9 Å². The first-order chi connectivity index (χ1) is 7.78. The van der Waals surface area contributed by atoms with Crippen molar-refractivity contribution < 1.29 is 4.42 Å². The fourth-order valence-electron chi connectivity index (χ4n) is 1.19. The van der Waals surface area contributed by atoms with Gasteiger partial charge in [-0.2, -0.15) is 0 Å². The van der Waals surface area contributed by atoms with Crippen LogP contribution < -0.4 is 5.32 Å². The first-order valence-corrected chi connectivity index (χ1v) is 5.30. The van der Waals surface area contributed by atoms with Crippen molar-refractivity contribution in [1.82, 2.24) is 15.0 Å². The minimum Gasteiger partial charge on any atom is -0.444 e.